The van der Waals surface area contributed by atoms with E-state index in [0.717, 1.165) is 11.8 Å². The fourth-order valence-electron chi connectivity index (χ4n) is 1.77. The molecule has 1 aromatic carbocycles. The number of aromatic hydroxyl groups is 2. The van der Waals surface area contributed by atoms with Crippen LogP contribution in [0, 0.1) is 5.41 Å². The summed E-state index contributed by atoms with van der Waals surface area (Å²) in [4.78, 5) is 12.2. The maximum Gasteiger partial charge on any atom is 0.255 e. The number of phenols is 2. The SMILES string of the molecule is CC(C)(C)C(CCBr)NC(=O)c1cc(O)ccc1O. The molecule has 0 saturated heterocycles. The molecular formula is C14H20BrNO3. The van der Waals surface area contributed by atoms with Crippen LogP contribution in [-0.2, 0) is 0 Å². The van der Waals surface area contributed by atoms with Gasteiger partial charge in [-0.3, -0.25) is 4.79 Å². The zero-order chi connectivity index (χ0) is 14.6. The summed E-state index contributed by atoms with van der Waals surface area (Å²) in [6.07, 6.45) is 0.787. The van der Waals surface area contributed by atoms with Crippen LogP contribution in [0.3, 0.4) is 0 Å². The summed E-state index contributed by atoms with van der Waals surface area (Å²) >= 11 is 3.37. The van der Waals surface area contributed by atoms with Crippen LogP contribution in [0.2, 0.25) is 0 Å². The molecule has 4 nitrogen and oxygen atoms in total. The van der Waals surface area contributed by atoms with Crippen molar-refractivity contribution >= 4 is 21.8 Å². The summed E-state index contributed by atoms with van der Waals surface area (Å²) in [6.45, 7) is 6.13. The van der Waals surface area contributed by atoms with Gasteiger partial charge in [-0.15, -0.1) is 0 Å². The van der Waals surface area contributed by atoms with Gasteiger partial charge in [0.25, 0.3) is 5.91 Å². The first kappa shape index (κ1) is 15.8. The number of carbonyl (C=O) groups excluding carboxylic acids is 1. The molecule has 0 aromatic heterocycles. The van der Waals surface area contributed by atoms with E-state index in [1.165, 1.54) is 18.2 Å². The molecule has 0 fully saturated rings. The highest BCUT2D eigenvalue weighted by Crippen LogP contribution is 2.25. The largest absolute Gasteiger partial charge is 0.508 e. The van der Waals surface area contributed by atoms with Gasteiger partial charge in [0.05, 0.1) is 5.56 Å². The van der Waals surface area contributed by atoms with Crippen LogP contribution in [-0.4, -0.2) is 27.5 Å². The lowest BCUT2D eigenvalue weighted by atomic mass is 9.85. The number of hydrogen-bond acceptors (Lipinski definition) is 3. The van der Waals surface area contributed by atoms with Crippen LogP contribution < -0.4 is 5.32 Å². The minimum absolute atomic E-state index is 0.0267. The van der Waals surface area contributed by atoms with Crippen LogP contribution in [0.25, 0.3) is 0 Å². The Labute approximate surface area is 122 Å². The Balaban J connectivity index is 2.91. The molecular weight excluding hydrogens is 310 g/mol. The molecule has 0 aliphatic rings. The van der Waals surface area contributed by atoms with Gasteiger partial charge >= 0.3 is 0 Å². The highest BCUT2D eigenvalue weighted by atomic mass is 79.9. The van der Waals surface area contributed by atoms with Crippen LogP contribution in [0.15, 0.2) is 18.2 Å². The summed E-state index contributed by atoms with van der Waals surface area (Å²) in [5, 5.41) is 22.7. The van der Waals surface area contributed by atoms with E-state index in [4.69, 9.17) is 0 Å². The zero-order valence-electron chi connectivity index (χ0n) is 11.4. The second kappa shape index (κ2) is 6.28. The van der Waals surface area contributed by atoms with Gasteiger partial charge in [-0.25, -0.2) is 0 Å². The van der Waals surface area contributed by atoms with E-state index in [1.807, 2.05) is 20.8 Å². The van der Waals surface area contributed by atoms with Crippen molar-refractivity contribution in [3.05, 3.63) is 23.8 Å². The molecule has 1 aromatic rings. The van der Waals surface area contributed by atoms with Crippen molar-refractivity contribution in [3.63, 3.8) is 0 Å². The lowest BCUT2D eigenvalue weighted by Gasteiger charge is -2.31. The molecule has 5 heteroatoms. The highest BCUT2D eigenvalue weighted by Gasteiger charge is 2.26. The fourth-order valence-corrected chi connectivity index (χ4v) is 2.23. The van der Waals surface area contributed by atoms with Crippen molar-refractivity contribution in [2.45, 2.75) is 33.2 Å². The predicted octanol–water partition coefficient (Wildman–Crippen LogP) is 3.03. The molecule has 0 aliphatic carbocycles. The minimum atomic E-state index is -0.380. The van der Waals surface area contributed by atoms with Crippen molar-refractivity contribution in [2.24, 2.45) is 5.41 Å². The molecule has 106 valence electrons. The Bertz CT molecular complexity index is 454. The smallest absolute Gasteiger partial charge is 0.255 e. The molecule has 3 N–H and O–H groups in total. The molecule has 1 unspecified atom stereocenters. The van der Waals surface area contributed by atoms with Gasteiger partial charge in [-0.2, -0.15) is 0 Å². The number of nitrogens with one attached hydrogen (secondary N) is 1. The fraction of sp³-hybridized carbons (Fsp3) is 0.500. The standard InChI is InChI=1S/C14H20BrNO3/c1-14(2,3)12(6-7-15)16-13(19)10-8-9(17)4-5-11(10)18/h4-5,8,12,17-18H,6-7H2,1-3H3,(H,16,19). The Morgan fingerprint density at radius 1 is 1.37 bits per heavy atom. The third kappa shape index (κ3) is 4.42. The van der Waals surface area contributed by atoms with E-state index < -0.39 is 0 Å². The normalized spacial score (nSPS) is 13.1. The van der Waals surface area contributed by atoms with Crippen LogP contribution in [0.1, 0.15) is 37.6 Å². The molecule has 0 aliphatic heterocycles. The molecule has 19 heavy (non-hydrogen) atoms. The van der Waals surface area contributed by atoms with E-state index in [2.05, 4.69) is 21.2 Å². The minimum Gasteiger partial charge on any atom is -0.508 e. The molecule has 0 radical (unpaired) electrons. The van der Waals surface area contributed by atoms with Gasteiger partial charge in [0.1, 0.15) is 11.5 Å². The number of alkyl halides is 1. The first-order chi connectivity index (χ1) is 8.75. The summed E-state index contributed by atoms with van der Waals surface area (Å²) < 4.78 is 0. The molecule has 1 amide bonds. The van der Waals surface area contributed by atoms with Crippen molar-refractivity contribution in [2.75, 3.05) is 5.33 Å². The van der Waals surface area contributed by atoms with Crippen LogP contribution in [0.5, 0.6) is 11.5 Å². The second-order valence-electron chi connectivity index (χ2n) is 5.57. The Hall–Kier alpha value is -1.23. The van der Waals surface area contributed by atoms with Gasteiger partial charge in [0, 0.05) is 11.4 Å². The molecule has 0 spiro atoms. The van der Waals surface area contributed by atoms with Gasteiger partial charge in [0.2, 0.25) is 0 Å². The third-order valence-electron chi connectivity index (χ3n) is 2.97. The van der Waals surface area contributed by atoms with E-state index in [9.17, 15) is 15.0 Å². The number of phenolic OH excluding ortho intramolecular Hbond substituents is 2. The Morgan fingerprint density at radius 3 is 2.53 bits per heavy atom. The van der Waals surface area contributed by atoms with E-state index >= 15 is 0 Å². The number of carbonyl (C=O) groups is 1. The number of benzene rings is 1. The zero-order valence-corrected chi connectivity index (χ0v) is 13.0. The van der Waals surface area contributed by atoms with E-state index in [1.54, 1.807) is 0 Å². The van der Waals surface area contributed by atoms with E-state index in [0.29, 0.717) is 0 Å². The summed E-state index contributed by atoms with van der Waals surface area (Å²) in [6, 6.07) is 3.88. The Kier molecular flexibility index (Phi) is 5.23. The number of hydrogen-bond donors (Lipinski definition) is 3. The first-order valence-electron chi connectivity index (χ1n) is 6.14. The van der Waals surface area contributed by atoms with Crippen molar-refractivity contribution in [1.82, 2.24) is 5.32 Å². The number of halogens is 1. The summed E-state index contributed by atoms with van der Waals surface area (Å²) in [5.41, 5.74) is -0.000554. The lowest BCUT2D eigenvalue weighted by molar-refractivity contribution is 0.0897. The van der Waals surface area contributed by atoms with E-state index in [-0.39, 0.29) is 34.4 Å². The maximum atomic E-state index is 12.2. The number of amides is 1. The van der Waals surface area contributed by atoms with Crippen molar-refractivity contribution in [3.8, 4) is 11.5 Å². The lowest BCUT2D eigenvalue weighted by Crippen LogP contribution is -2.44. The van der Waals surface area contributed by atoms with Crippen LogP contribution in [0.4, 0.5) is 0 Å². The first-order valence-corrected chi connectivity index (χ1v) is 7.26. The predicted molar refractivity (Wildman–Crippen MR) is 78.9 cm³/mol. The molecule has 0 saturated carbocycles. The summed E-state index contributed by atoms with van der Waals surface area (Å²) in [7, 11) is 0. The molecule has 0 bridgehead atoms. The average molecular weight is 330 g/mol. The quantitative estimate of drug-likeness (QED) is 0.587. The molecule has 1 rings (SSSR count). The maximum absolute atomic E-state index is 12.2. The van der Waals surface area contributed by atoms with Crippen LogP contribution >= 0.6 is 15.9 Å². The third-order valence-corrected chi connectivity index (χ3v) is 3.43. The topological polar surface area (TPSA) is 69.6 Å². The highest BCUT2D eigenvalue weighted by molar-refractivity contribution is 9.09. The summed E-state index contributed by atoms with van der Waals surface area (Å²) in [5.74, 6) is -0.563. The van der Waals surface area contributed by atoms with Gasteiger partial charge in [0.15, 0.2) is 0 Å². The average Bonchev–Trinajstić information content (AvgIpc) is 2.30. The Morgan fingerprint density at radius 2 is 2.00 bits per heavy atom. The van der Waals surface area contributed by atoms with Gasteiger partial charge in [-0.05, 0) is 30.0 Å². The number of rotatable bonds is 4. The van der Waals surface area contributed by atoms with Crippen molar-refractivity contribution in [1.29, 1.82) is 0 Å². The van der Waals surface area contributed by atoms with Gasteiger partial charge in [-0.1, -0.05) is 36.7 Å². The molecule has 1 atom stereocenters. The van der Waals surface area contributed by atoms with Crippen molar-refractivity contribution < 1.29 is 15.0 Å². The monoisotopic (exact) mass is 329 g/mol. The second-order valence-corrected chi connectivity index (χ2v) is 6.36. The van der Waals surface area contributed by atoms with Gasteiger partial charge < -0.3 is 15.5 Å². The molecule has 0 heterocycles.